The number of nitro benzene ring substituents is 1. The Labute approximate surface area is 108 Å². The molecule has 0 amide bonds. The normalized spacial score (nSPS) is 10.3. The van der Waals surface area contributed by atoms with Crippen LogP contribution >= 0.6 is 11.6 Å². The van der Waals surface area contributed by atoms with Gasteiger partial charge in [-0.3, -0.25) is 10.1 Å². The second-order valence-corrected chi connectivity index (χ2v) is 4.20. The molecule has 6 nitrogen and oxygen atoms in total. The molecule has 0 aliphatic heterocycles. The first-order valence-electron chi connectivity index (χ1n) is 5.21. The molecule has 0 unspecified atom stereocenters. The fraction of sp³-hybridized carbons (Fsp3) is 0.182. The van der Waals surface area contributed by atoms with E-state index in [-0.39, 0.29) is 5.69 Å². The zero-order valence-electron chi connectivity index (χ0n) is 9.63. The van der Waals surface area contributed by atoms with Crippen LogP contribution in [-0.4, -0.2) is 14.5 Å². The average molecular weight is 267 g/mol. The summed E-state index contributed by atoms with van der Waals surface area (Å²) in [6.45, 7) is 0.457. The van der Waals surface area contributed by atoms with Crippen LogP contribution in [0.15, 0.2) is 30.7 Å². The number of nitro groups is 1. The van der Waals surface area contributed by atoms with Gasteiger partial charge in [0.25, 0.3) is 5.69 Å². The Hall–Kier alpha value is -2.08. The molecule has 1 N–H and O–H groups in total. The largest absolute Gasteiger partial charge is 0.374 e. The zero-order chi connectivity index (χ0) is 13.1. The van der Waals surface area contributed by atoms with Crippen molar-refractivity contribution < 1.29 is 4.92 Å². The fourth-order valence-electron chi connectivity index (χ4n) is 1.55. The Bertz CT molecular complexity index is 582. The van der Waals surface area contributed by atoms with Crippen LogP contribution in [0.3, 0.4) is 0 Å². The molecule has 7 heteroatoms. The third-order valence-corrected chi connectivity index (χ3v) is 2.77. The highest BCUT2D eigenvalue weighted by Crippen LogP contribution is 2.27. The highest BCUT2D eigenvalue weighted by molar-refractivity contribution is 6.30. The Morgan fingerprint density at radius 3 is 2.94 bits per heavy atom. The standard InChI is InChI=1S/C11H11ClN4O2/c1-15-7-13-5-9(15)6-14-10-3-2-8(12)4-11(10)16(17)18/h2-5,7,14H,6H2,1H3. The van der Waals surface area contributed by atoms with Crippen LogP contribution in [0.4, 0.5) is 11.4 Å². The summed E-state index contributed by atoms with van der Waals surface area (Å²) in [5, 5.41) is 14.2. The van der Waals surface area contributed by atoms with Crippen molar-refractivity contribution in [1.82, 2.24) is 9.55 Å². The van der Waals surface area contributed by atoms with Crippen molar-refractivity contribution in [3.05, 3.63) is 51.6 Å². The van der Waals surface area contributed by atoms with E-state index in [1.807, 2.05) is 11.6 Å². The summed E-state index contributed by atoms with van der Waals surface area (Å²) in [5.41, 5.74) is 1.33. The van der Waals surface area contributed by atoms with E-state index in [0.29, 0.717) is 17.3 Å². The number of rotatable bonds is 4. The topological polar surface area (TPSA) is 73.0 Å². The number of hydrogen-bond donors (Lipinski definition) is 1. The number of aryl methyl sites for hydroxylation is 1. The SMILES string of the molecule is Cn1cncc1CNc1ccc(Cl)cc1[N+](=O)[O-]. The Balaban J connectivity index is 2.19. The molecule has 0 spiro atoms. The summed E-state index contributed by atoms with van der Waals surface area (Å²) in [6.07, 6.45) is 3.38. The van der Waals surface area contributed by atoms with Gasteiger partial charge >= 0.3 is 0 Å². The van der Waals surface area contributed by atoms with E-state index >= 15 is 0 Å². The molecule has 0 aliphatic rings. The summed E-state index contributed by atoms with van der Waals surface area (Å²) in [4.78, 5) is 14.4. The van der Waals surface area contributed by atoms with Gasteiger partial charge in [0.05, 0.1) is 23.5 Å². The maximum Gasteiger partial charge on any atom is 0.293 e. The van der Waals surface area contributed by atoms with E-state index in [9.17, 15) is 10.1 Å². The number of nitrogens with one attached hydrogen (secondary N) is 1. The van der Waals surface area contributed by atoms with E-state index in [1.165, 1.54) is 6.07 Å². The van der Waals surface area contributed by atoms with E-state index in [4.69, 9.17) is 11.6 Å². The second-order valence-electron chi connectivity index (χ2n) is 3.77. The van der Waals surface area contributed by atoms with Crippen LogP contribution in [0, 0.1) is 10.1 Å². The molecule has 0 fully saturated rings. The molecule has 0 atom stereocenters. The summed E-state index contributed by atoms with van der Waals surface area (Å²) in [5.74, 6) is 0. The van der Waals surface area contributed by atoms with Crippen molar-refractivity contribution in [3.8, 4) is 0 Å². The van der Waals surface area contributed by atoms with Crippen molar-refractivity contribution in [3.63, 3.8) is 0 Å². The molecule has 1 heterocycles. The van der Waals surface area contributed by atoms with Crippen LogP contribution in [0.5, 0.6) is 0 Å². The van der Waals surface area contributed by atoms with Crippen molar-refractivity contribution >= 4 is 23.0 Å². The Morgan fingerprint density at radius 1 is 1.56 bits per heavy atom. The number of halogens is 1. The predicted molar refractivity (Wildman–Crippen MR) is 68.6 cm³/mol. The minimum atomic E-state index is -0.461. The molecular formula is C11H11ClN4O2. The van der Waals surface area contributed by atoms with Crippen LogP contribution in [0.2, 0.25) is 5.02 Å². The predicted octanol–water partition coefficient (Wildman–Crippen LogP) is 2.59. The maximum absolute atomic E-state index is 10.9. The van der Waals surface area contributed by atoms with Crippen molar-refractivity contribution in [2.24, 2.45) is 7.05 Å². The minimum absolute atomic E-state index is 0.0373. The molecule has 2 rings (SSSR count). The number of hydrogen-bond acceptors (Lipinski definition) is 4. The van der Waals surface area contributed by atoms with Gasteiger partial charge in [-0.05, 0) is 12.1 Å². The molecule has 1 aromatic carbocycles. The molecule has 0 saturated carbocycles. The molecule has 0 radical (unpaired) electrons. The van der Waals surface area contributed by atoms with Gasteiger partial charge in [-0.1, -0.05) is 11.6 Å². The number of imidazole rings is 1. The fourth-order valence-corrected chi connectivity index (χ4v) is 1.71. The van der Waals surface area contributed by atoms with Crippen molar-refractivity contribution in [2.75, 3.05) is 5.32 Å². The van der Waals surface area contributed by atoms with Gasteiger partial charge in [0.1, 0.15) is 5.69 Å². The first-order chi connectivity index (χ1) is 8.58. The molecule has 2 aromatic rings. The van der Waals surface area contributed by atoms with Crippen LogP contribution in [0.25, 0.3) is 0 Å². The third kappa shape index (κ3) is 2.60. The second kappa shape index (κ2) is 5.05. The van der Waals surface area contributed by atoms with Gasteiger partial charge in [0, 0.05) is 24.3 Å². The highest BCUT2D eigenvalue weighted by atomic mass is 35.5. The molecule has 0 aliphatic carbocycles. The lowest BCUT2D eigenvalue weighted by Gasteiger charge is -2.07. The van der Waals surface area contributed by atoms with Gasteiger partial charge in [-0.25, -0.2) is 4.98 Å². The average Bonchev–Trinajstić information content (AvgIpc) is 2.73. The molecule has 1 aromatic heterocycles. The molecule has 0 bridgehead atoms. The lowest BCUT2D eigenvalue weighted by Crippen LogP contribution is -2.05. The van der Waals surface area contributed by atoms with Gasteiger partial charge in [-0.15, -0.1) is 0 Å². The van der Waals surface area contributed by atoms with Crippen LogP contribution < -0.4 is 5.32 Å². The molecule has 18 heavy (non-hydrogen) atoms. The van der Waals surface area contributed by atoms with Crippen molar-refractivity contribution in [2.45, 2.75) is 6.54 Å². The van der Waals surface area contributed by atoms with Crippen molar-refractivity contribution in [1.29, 1.82) is 0 Å². The van der Waals surface area contributed by atoms with Gasteiger partial charge < -0.3 is 9.88 Å². The van der Waals surface area contributed by atoms with Gasteiger partial charge in [0.15, 0.2) is 0 Å². The third-order valence-electron chi connectivity index (χ3n) is 2.53. The van der Waals surface area contributed by atoms with Crippen LogP contribution in [0.1, 0.15) is 5.69 Å². The Morgan fingerprint density at radius 2 is 2.33 bits per heavy atom. The molecule has 94 valence electrons. The lowest BCUT2D eigenvalue weighted by molar-refractivity contribution is -0.383. The molecule has 0 saturated heterocycles. The zero-order valence-corrected chi connectivity index (χ0v) is 10.4. The number of aromatic nitrogens is 2. The number of benzene rings is 1. The smallest absolute Gasteiger partial charge is 0.293 e. The van der Waals surface area contributed by atoms with E-state index in [1.54, 1.807) is 24.7 Å². The molecular weight excluding hydrogens is 256 g/mol. The summed E-state index contributed by atoms with van der Waals surface area (Å²) in [6, 6.07) is 4.53. The quantitative estimate of drug-likeness (QED) is 0.682. The minimum Gasteiger partial charge on any atom is -0.374 e. The van der Waals surface area contributed by atoms with E-state index in [2.05, 4.69) is 10.3 Å². The highest BCUT2D eigenvalue weighted by Gasteiger charge is 2.14. The summed E-state index contributed by atoms with van der Waals surface area (Å²) in [7, 11) is 1.86. The number of anilines is 1. The maximum atomic E-state index is 10.9. The first-order valence-corrected chi connectivity index (χ1v) is 5.58. The van der Waals surface area contributed by atoms with E-state index in [0.717, 1.165) is 5.69 Å². The first kappa shape index (κ1) is 12.4. The lowest BCUT2D eigenvalue weighted by atomic mass is 10.2. The van der Waals surface area contributed by atoms with E-state index < -0.39 is 4.92 Å². The van der Waals surface area contributed by atoms with Gasteiger partial charge in [-0.2, -0.15) is 0 Å². The van der Waals surface area contributed by atoms with Gasteiger partial charge in [0.2, 0.25) is 0 Å². The number of nitrogens with zero attached hydrogens (tertiary/aromatic N) is 3. The summed E-state index contributed by atoms with van der Waals surface area (Å²) >= 11 is 5.74. The van der Waals surface area contributed by atoms with Crippen LogP contribution in [-0.2, 0) is 13.6 Å². The Kier molecular flexibility index (Phi) is 3.47. The monoisotopic (exact) mass is 266 g/mol. The summed E-state index contributed by atoms with van der Waals surface area (Å²) < 4.78 is 1.84.